The molecule has 0 aromatic heterocycles. The minimum absolute atomic E-state index is 0.0278. The number of ether oxygens (including phenoxy) is 2. The molecular weight excluding hydrogens is 368 g/mol. The van der Waals surface area contributed by atoms with Gasteiger partial charge in [-0.25, -0.2) is 9.59 Å². The fourth-order valence-corrected chi connectivity index (χ4v) is 1.93. The Kier molecular flexibility index (Phi) is 8.62. The van der Waals surface area contributed by atoms with Crippen molar-refractivity contribution in [3.63, 3.8) is 0 Å². The van der Waals surface area contributed by atoms with Crippen LogP contribution >= 0.6 is 0 Å². The average molecular weight is 388 g/mol. The lowest BCUT2D eigenvalue weighted by Crippen LogP contribution is -1.87. The molecule has 0 saturated heterocycles. The van der Waals surface area contributed by atoms with Gasteiger partial charge in [-0.2, -0.15) is 0 Å². The Balaban J connectivity index is 0.000000280. The topological polar surface area (TPSA) is 134 Å². The molecule has 0 bridgehead atoms. The number of benzene rings is 2. The van der Waals surface area contributed by atoms with Gasteiger partial charge in [-0.15, -0.1) is 0 Å². The van der Waals surface area contributed by atoms with Gasteiger partial charge in [-0.05, 0) is 47.5 Å². The van der Waals surface area contributed by atoms with Gasteiger partial charge < -0.3 is 29.9 Å². The van der Waals surface area contributed by atoms with E-state index in [1.54, 1.807) is 24.3 Å². The smallest absolute Gasteiger partial charge is 0.328 e. The quantitative estimate of drug-likeness (QED) is 0.555. The van der Waals surface area contributed by atoms with Crippen molar-refractivity contribution in [2.24, 2.45) is 0 Å². The van der Waals surface area contributed by atoms with E-state index in [0.717, 1.165) is 12.2 Å². The van der Waals surface area contributed by atoms with Crippen LogP contribution in [0.2, 0.25) is 0 Å². The van der Waals surface area contributed by atoms with Gasteiger partial charge in [-0.1, -0.05) is 12.1 Å². The van der Waals surface area contributed by atoms with E-state index >= 15 is 0 Å². The first-order valence-corrected chi connectivity index (χ1v) is 7.82. The van der Waals surface area contributed by atoms with E-state index in [9.17, 15) is 19.8 Å². The monoisotopic (exact) mass is 388 g/mol. The van der Waals surface area contributed by atoms with Crippen molar-refractivity contribution in [2.75, 3.05) is 14.2 Å². The van der Waals surface area contributed by atoms with E-state index in [4.69, 9.17) is 19.7 Å². The first kappa shape index (κ1) is 22.1. The largest absolute Gasteiger partial charge is 0.504 e. The van der Waals surface area contributed by atoms with Gasteiger partial charge in [0.25, 0.3) is 0 Å². The Morgan fingerprint density at radius 1 is 0.750 bits per heavy atom. The second-order valence-corrected chi connectivity index (χ2v) is 5.21. The number of aromatic hydroxyl groups is 2. The molecule has 0 spiro atoms. The number of aliphatic carboxylic acids is 2. The van der Waals surface area contributed by atoms with Crippen molar-refractivity contribution >= 4 is 24.1 Å². The Morgan fingerprint density at radius 3 is 1.39 bits per heavy atom. The van der Waals surface area contributed by atoms with E-state index < -0.39 is 11.9 Å². The molecule has 0 radical (unpaired) electrons. The number of rotatable bonds is 6. The molecular formula is C20H20O8. The summed E-state index contributed by atoms with van der Waals surface area (Å²) in [6, 6.07) is 9.18. The third kappa shape index (κ3) is 7.52. The van der Waals surface area contributed by atoms with Crippen LogP contribution in [0.25, 0.3) is 12.2 Å². The van der Waals surface area contributed by atoms with Crippen molar-refractivity contribution < 1.29 is 39.5 Å². The van der Waals surface area contributed by atoms with Crippen LogP contribution in [0.3, 0.4) is 0 Å². The maximum absolute atomic E-state index is 10.2. The van der Waals surface area contributed by atoms with Crippen molar-refractivity contribution in [3.8, 4) is 23.0 Å². The van der Waals surface area contributed by atoms with Crippen LogP contribution < -0.4 is 9.47 Å². The van der Waals surface area contributed by atoms with Gasteiger partial charge >= 0.3 is 11.9 Å². The molecule has 28 heavy (non-hydrogen) atoms. The summed E-state index contributed by atoms with van der Waals surface area (Å²) in [5.41, 5.74) is 1.31. The molecule has 0 heterocycles. The summed E-state index contributed by atoms with van der Waals surface area (Å²) in [4.78, 5) is 20.5. The zero-order valence-electron chi connectivity index (χ0n) is 15.2. The molecule has 0 amide bonds. The standard InChI is InChI=1S/2C10H10O4/c2*1-14-9-6-7(2-4-8(9)11)3-5-10(12)13/h2*2-6,11H,1H3,(H,12,13)/b5-3+;. The van der Waals surface area contributed by atoms with E-state index in [1.807, 2.05) is 0 Å². The van der Waals surface area contributed by atoms with Gasteiger partial charge in [-0.3, -0.25) is 0 Å². The summed E-state index contributed by atoms with van der Waals surface area (Å²) in [7, 11) is 2.86. The maximum Gasteiger partial charge on any atom is 0.328 e. The summed E-state index contributed by atoms with van der Waals surface area (Å²) in [5, 5.41) is 35.3. The second-order valence-electron chi connectivity index (χ2n) is 5.21. The van der Waals surface area contributed by atoms with Crippen molar-refractivity contribution in [3.05, 3.63) is 59.7 Å². The van der Waals surface area contributed by atoms with Crippen LogP contribution in [0.4, 0.5) is 0 Å². The van der Waals surface area contributed by atoms with Crippen LogP contribution in [-0.4, -0.2) is 46.6 Å². The highest BCUT2D eigenvalue weighted by molar-refractivity contribution is 5.85. The number of methoxy groups -OCH3 is 2. The number of carboxylic acids is 2. The lowest BCUT2D eigenvalue weighted by Gasteiger charge is -2.03. The highest BCUT2D eigenvalue weighted by Gasteiger charge is 2.01. The van der Waals surface area contributed by atoms with Gasteiger partial charge in [0, 0.05) is 12.2 Å². The minimum atomic E-state index is -1.02. The second kappa shape index (κ2) is 10.9. The molecule has 0 atom stereocenters. The highest BCUT2D eigenvalue weighted by atomic mass is 16.5. The number of phenols is 2. The summed E-state index contributed by atoms with van der Waals surface area (Å²) in [6.45, 7) is 0. The molecule has 2 rings (SSSR count). The Labute approximate surface area is 161 Å². The van der Waals surface area contributed by atoms with Gasteiger partial charge in [0.05, 0.1) is 14.2 Å². The number of hydrogen-bond acceptors (Lipinski definition) is 6. The maximum atomic E-state index is 10.2. The zero-order chi connectivity index (χ0) is 21.1. The molecule has 148 valence electrons. The van der Waals surface area contributed by atoms with Gasteiger partial charge in [0.1, 0.15) is 0 Å². The predicted octanol–water partition coefficient (Wildman–Crippen LogP) is 3.00. The first-order chi connectivity index (χ1) is 13.3. The molecule has 2 aromatic carbocycles. The van der Waals surface area contributed by atoms with Crippen molar-refractivity contribution in [2.45, 2.75) is 0 Å². The molecule has 0 aliphatic carbocycles. The highest BCUT2D eigenvalue weighted by Crippen LogP contribution is 2.27. The molecule has 0 aliphatic rings. The van der Waals surface area contributed by atoms with Crippen LogP contribution in [-0.2, 0) is 9.59 Å². The predicted molar refractivity (Wildman–Crippen MR) is 103 cm³/mol. The van der Waals surface area contributed by atoms with E-state index in [1.165, 1.54) is 38.5 Å². The van der Waals surface area contributed by atoms with E-state index in [2.05, 4.69) is 0 Å². The average Bonchev–Trinajstić information content (AvgIpc) is 2.67. The summed E-state index contributed by atoms with van der Waals surface area (Å²) in [5.74, 6) is -1.34. The van der Waals surface area contributed by atoms with Gasteiger partial charge in [0.2, 0.25) is 0 Å². The molecule has 2 aromatic rings. The Bertz CT molecular complexity index is 810. The normalized spacial score (nSPS) is 10.4. The molecule has 8 nitrogen and oxygen atoms in total. The van der Waals surface area contributed by atoms with Crippen LogP contribution in [0.5, 0.6) is 23.0 Å². The van der Waals surface area contributed by atoms with Crippen molar-refractivity contribution in [1.82, 2.24) is 0 Å². The van der Waals surface area contributed by atoms with Gasteiger partial charge in [0.15, 0.2) is 23.0 Å². The number of phenolic OH excluding ortho intramolecular Hbond substituents is 2. The Hall–Kier alpha value is -3.94. The van der Waals surface area contributed by atoms with E-state index in [0.29, 0.717) is 22.6 Å². The third-order valence-electron chi connectivity index (χ3n) is 3.24. The third-order valence-corrected chi connectivity index (χ3v) is 3.24. The van der Waals surface area contributed by atoms with Crippen LogP contribution in [0, 0.1) is 0 Å². The Morgan fingerprint density at radius 2 is 1.11 bits per heavy atom. The molecule has 0 fully saturated rings. The molecule has 0 saturated carbocycles. The zero-order valence-corrected chi connectivity index (χ0v) is 15.2. The summed E-state index contributed by atoms with van der Waals surface area (Å²) in [6.07, 6.45) is 4.88. The fourth-order valence-electron chi connectivity index (χ4n) is 1.93. The molecule has 4 N–H and O–H groups in total. The number of carbonyl (C=O) groups is 2. The SMILES string of the molecule is COc1cc(/C=C/C(=O)O)ccc1O.COc1cc(C=CC(=O)O)ccc1O. The van der Waals surface area contributed by atoms with Crippen molar-refractivity contribution in [1.29, 1.82) is 0 Å². The van der Waals surface area contributed by atoms with E-state index in [-0.39, 0.29) is 11.5 Å². The summed E-state index contributed by atoms with van der Waals surface area (Å²) >= 11 is 0. The summed E-state index contributed by atoms with van der Waals surface area (Å²) < 4.78 is 9.72. The molecule has 0 unspecified atom stereocenters. The number of hydrogen-bond donors (Lipinski definition) is 4. The lowest BCUT2D eigenvalue weighted by atomic mass is 10.2. The number of carboxylic acid groups (broad SMARTS) is 2. The first-order valence-electron chi connectivity index (χ1n) is 7.82. The molecule has 8 heteroatoms. The fraction of sp³-hybridized carbons (Fsp3) is 0.100. The lowest BCUT2D eigenvalue weighted by molar-refractivity contribution is -0.132. The van der Waals surface area contributed by atoms with Crippen LogP contribution in [0.15, 0.2) is 48.6 Å². The molecule has 0 aliphatic heterocycles. The van der Waals surface area contributed by atoms with Crippen LogP contribution in [0.1, 0.15) is 11.1 Å². The minimum Gasteiger partial charge on any atom is -0.504 e.